The van der Waals surface area contributed by atoms with Crippen LogP contribution in [0.4, 0.5) is 4.39 Å². The first kappa shape index (κ1) is 15.1. The Labute approximate surface area is 108 Å². The van der Waals surface area contributed by atoms with Crippen molar-refractivity contribution in [2.75, 3.05) is 20.2 Å². The van der Waals surface area contributed by atoms with E-state index in [0.29, 0.717) is 19.7 Å². The summed E-state index contributed by atoms with van der Waals surface area (Å²) in [6, 6.07) is 6.50. The number of ether oxygens (including phenoxy) is 1. The summed E-state index contributed by atoms with van der Waals surface area (Å²) in [4.78, 5) is 1.95. The van der Waals surface area contributed by atoms with Crippen molar-refractivity contribution in [2.45, 2.75) is 32.6 Å². The van der Waals surface area contributed by atoms with Gasteiger partial charge in [0, 0.05) is 13.1 Å². The van der Waals surface area contributed by atoms with Crippen molar-refractivity contribution >= 4 is 0 Å². The molecule has 1 aromatic rings. The maximum absolute atomic E-state index is 13.0. The third kappa shape index (κ3) is 6.10. The molecule has 0 aliphatic heterocycles. The third-order valence-electron chi connectivity index (χ3n) is 2.49. The Kier molecular flexibility index (Phi) is 6.25. The van der Waals surface area contributed by atoms with Crippen molar-refractivity contribution < 1.29 is 14.2 Å². The third-order valence-corrected chi connectivity index (χ3v) is 2.49. The van der Waals surface area contributed by atoms with Gasteiger partial charge in [0.1, 0.15) is 5.82 Å². The van der Waals surface area contributed by atoms with Gasteiger partial charge < -0.3 is 9.84 Å². The van der Waals surface area contributed by atoms with Gasteiger partial charge in [0.15, 0.2) is 0 Å². The second-order valence-corrected chi connectivity index (χ2v) is 4.86. The van der Waals surface area contributed by atoms with Crippen molar-refractivity contribution in [3.05, 3.63) is 35.6 Å². The number of likely N-dealkylation sites (N-methyl/N-ethyl adjacent to an activating group) is 1. The van der Waals surface area contributed by atoms with Crippen LogP contribution in [0.1, 0.15) is 19.4 Å². The van der Waals surface area contributed by atoms with E-state index >= 15 is 0 Å². The number of hydrogen-bond donors (Lipinski definition) is 1. The standard InChI is InChI=1S/C14H22FNO2/c1-11(2)18-10-14(17)9-16(3)8-12-5-4-6-13(15)7-12/h4-7,11,14,17H,8-10H2,1-3H3/t14-/m1/s1. The van der Waals surface area contributed by atoms with Crippen molar-refractivity contribution in [2.24, 2.45) is 0 Å². The molecule has 0 unspecified atom stereocenters. The van der Waals surface area contributed by atoms with Crippen molar-refractivity contribution in [3.8, 4) is 0 Å². The van der Waals surface area contributed by atoms with Crippen molar-refractivity contribution in [3.63, 3.8) is 0 Å². The van der Waals surface area contributed by atoms with E-state index in [0.717, 1.165) is 5.56 Å². The number of halogens is 1. The average Bonchev–Trinajstić information content (AvgIpc) is 2.26. The van der Waals surface area contributed by atoms with Gasteiger partial charge in [-0.25, -0.2) is 4.39 Å². The summed E-state index contributed by atoms with van der Waals surface area (Å²) in [5.41, 5.74) is 0.898. The molecule has 1 rings (SSSR count). The second kappa shape index (κ2) is 7.46. The van der Waals surface area contributed by atoms with Crippen molar-refractivity contribution in [1.29, 1.82) is 0 Å². The maximum Gasteiger partial charge on any atom is 0.123 e. The summed E-state index contributed by atoms with van der Waals surface area (Å²) in [6.07, 6.45) is -0.404. The van der Waals surface area contributed by atoms with Gasteiger partial charge >= 0.3 is 0 Å². The molecular weight excluding hydrogens is 233 g/mol. The summed E-state index contributed by atoms with van der Waals surface area (Å²) in [6.45, 7) is 5.30. The first-order valence-electron chi connectivity index (χ1n) is 6.20. The molecular formula is C14H22FNO2. The van der Waals surface area contributed by atoms with Gasteiger partial charge in [-0.15, -0.1) is 0 Å². The van der Waals surface area contributed by atoms with E-state index < -0.39 is 6.10 Å². The summed E-state index contributed by atoms with van der Waals surface area (Å²) in [7, 11) is 1.89. The van der Waals surface area contributed by atoms with E-state index in [-0.39, 0.29) is 11.9 Å². The van der Waals surface area contributed by atoms with E-state index in [9.17, 15) is 9.50 Å². The quantitative estimate of drug-likeness (QED) is 0.809. The molecule has 1 N–H and O–H groups in total. The van der Waals surface area contributed by atoms with Gasteiger partial charge in [0.2, 0.25) is 0 Å². The van der Waals surface area contributed by atoms with Crippen molar-refractivity contribution in [1.82, 2.24) is 4.90 Å². The Morgan fingerprint density at radius 3 is 2.72 bits per heavy atom. The number of hydrogen-bond acceptors (Lipinski definition) is 3. The molecule has 0 saturated carbocycles. The molecule has 102 valence electrons. The van der Waals surface area contributed by atoms with Crippen LogP contribution in [0.2, 0.25) is 0 Å². The van der Waals surface area contributed by atoms with Crippen LogP contribution >= 0.6 is 0 Å². The van der Waals surface area contributed by atoms with E-state index in [2.05, 4.69) is 0 Å². The fourth-order valence-electron chi connectivity index (χ4n) is 1.73. The Hall–Kier alpha value is -0.970. The van der Waals surface area contributed by atoms with Crippen LogP contribution in [0.25, 0.3) is 0 Å². The number of benzene rings is 1. The molecule has 0 fully saturated rings. The van der Waals surface area contributed by atoms with Gasteiger partial charge in [0.25, 0.3) is 0 Å². The zero-order chi connectivity index (χ0) is 13.5. The highest BCUT2D eigenvalue weighted by Gasteiger charge is 2.10. The second-order valence-electron chi connectivity index (χ2n) is 4.86. The SMILES string of the molecule is CC(C)OC[C@H](O)CN(C)Cc1cccc(F)c1. The molecule has 0 amide bonds. The fourth-order valence-corrected chi connectivity index (χ4v) is 1.73. The summed E-state index contributed by atoms with van der Waals surface area (Å²) in [5, 5.41) is 9.76. The maximum atomic E-state index is 13.0. The van der Waals surface area contributed by atoms with Crippen LogP contribution < -0.4 is 0 Å². The molecule has 0 saturated heterocycles. The first-order chi connectivity index (χ1) is 8.47. The highest BCUT2D eigenvalue weighted by atomic mass is 19.1. The lowest BCUT2D eigenvalue weighted by atomic mass is 10.2. The van der Waals surface area contributed by atoms with Gasteiger partial charge in [-0.3, -0.25) is 4.90 Å². The van der Waals surface area contributed by atoms with Crippen LogP contribution in [0.5, 0.6) is 0 Å². The lowest BCUT2D eigenvalue weighted by Crippen LogP contribution is -2.32. The van der Waals surface area contributed by atoms with Crippen LogP contribution in [-0.4, -0.2) is 42.4 Å². The predicted molar refractivity (Wildman–Crippen MR) is 69.8 cm³/mol. The molecule has 0 spiro atoms. The molecule has 0 aliphatic rings. The Balaban J connectivity index is 2.34. The molecule has 0 bridgehead atoms. The van der Waals surface area contributed by atoms with Crippen LogP contribution in [0.15, 0.2) is 24.3 Å². The van der Waals surface area contributed by atoms with Gasteiger partial charge in [-0.1, -0.05) is 12.1 Å². The minimum atomic E-state index is -0.522. The van der Waals surface area contributed by atoms with E-state index in [4.69, 9.17) is 4.74 Å². The number of rotatable bonds is 7. The first-order valence-corrected chi connectivity index (χ1v) is 6.20. The Bertz CT molecular complexity index is 357. The monoisotopic (exact) mass is 255 g/mol. The number of nitrogens with zero attached hydrogens (tertiary/aromatic N) is 1. The van der Waals surface area contributed by atoms with Gasteiger partial charge in [-0.05, 0) is 38.6 Å². The van der Waals surface area contributed by atoms with Gasteiger partial charge in [-0.2, -0.15) is 0 Å². The molecule has 0 aromatic heterocycles. The lowest BCUT2D eigenvalue weighted by molar-refractivity contribution is -0.00635. The molecule has 0 aliphatic carbocycles. The number of aliphatic hydroxyl groups is 1. The summed E-state index contributed by atoms with van der Waals surface area (Å²) < 4.78 is 18.3. The molecule has 0 radical (unpaired) electrons. The average molecular weight is 255 g/mol. The highest BCUT2D eigenvalue weighted by Crippen LogP contribution is 2.06. The fraction of sp³-hybridized carbons (Fsp3) is 0.571. The Morgan fingerprint density at radius 1 is 1.39 bits per heavy atom. The molecule has 4 heteroatoms. The molecule has 0 heterocycles. The summed E-state index contributed by atoms with van der Waals surface area (Å²) in [5.74, 6) is -0.232. The van der Waals surface area contributed by atoms with E-state index in [1.54, 1.807) is 6.07 Å². The van der Waals surface area contributed by atoms with Crippen LogP contribution in [-0.2, 0) is 11.3 Å². The Morgan fingerprint density at radius 2 is 2.11 bits per heavy atom. The van der Waals surface area contributed by atoms with Crippen LogP contribution in [0, 0.1) is 5.82 Å². The van der Waals surface area contributed by atoms with Crippen LogP contribution in [0.3, 0.4) is 0 Å². The number of aliphatic hydroxyl groups excluding tert-OH is 1. The normalized spacial score (nSPS) is 13.3. The highest BCUT2D eigenvalue weighted by molar-refractivity contribution is 5.15. The molecule has 1 aromatic carbocycles. The molecule has 18 heavy (non-hydrogen) atoms. The molecule has 1 atom stereocenters. The zero-order valence-corrected chi connectivity index (χ0v) is 11.3. The summed E-state index contributed by atoms with van der Waals surface area (Å²) >= 11 is 0. The van der Waals surface area contributed by atoms with E-state index in [1.165, 1.54) is 12.1 Å². The minimum absolute atomic E-state index is 0.119. The minimum Gasteiger partial charge on any atom is -0.389 e. The molecule has 3 nitrogen and oxygen atoms in total. The zero-order valence-electron chi connectivity index (χ0n) is 11.3. The lowest BCUT2D eigenvalue weighted by Gasteiger charge is -2.21. The topological polar surface area (TPSA) is 32.7 Å². The van der Waals surface area contributed by atoms with Gasteiger partial charge in [0.05, 0.1) is 18.8 Å². The smallest absolute Gasteiger partial charge is 0.123 e. The predicted octanol–water partition coefficient (Wildman–Crippen LogP) is 2.04. The van der Waals surface area contributed by atoms with E-state index in [1.807, 2.05) is 31.9 Å². The largest absolute Gasteiger partial charge is 0.389 e.